The molecule has 1 fully saturated rings. The van der Waals surface area contributed by atoms with Crippen LogP contribution in [0.25, 0.3) is 0 Å². The summed E-state index contributed by atoms with van der Waals surface area (Å²) in [4.78, 5) is 14.6. The van der Waals surface area contributed by atoms with E-state index in [1.54, 1.807) is 0 Å². The Balaban J connectivity index is 1.68. The van der Waals surface area contributed by atoms with Crippen molar-refractivity contribution in [3.05, 3.63) is 44.2 Å². The van der Waals surface area contributed by atoms with Crippen molar-refractivity contribution < 1.29 is 9.32 Å². The lowest BCUT2D eigenvalue weighted by atomic mass is 10.1. The van der Waals surface area contributed by atoms with Crippen LogP contribution in [0.2, 0.25) is 0 Å². The highest BCUT2D eigenvalue weighted by Gasteiger charge is 2.30. The molecular weight excluding hydrogens is 438 g/mol. The third-order valence-corrected chi connectivity index (χ3v) is 5.39. The Bertz CT molecular complexity index is 737. The first-order valence-corrected chi connectivity index (χ1v) is 9.45. The van der Waals surface area contributed by atoms with E-state index in [0.717, 1.165) is 51.0 Å². The van der Waals surface area contributed by atoms with E-state index in [9.17, 15) is 4.79 Å². The van der Waals surface area contributed by atoms with E-state index in [2.05, 4.69) is 47.2 Å². The first-order chi connectivity index (χ1) is 11.4. The number of nitrogens with one attached hydrogen (secondary N) is 1. The van der Waals surface area contributed by atoms with Gasteiger partial charge in [-0.15, -0.1) is 0 Å². The number of carbonyl (C=O) groups excluding carboxylic acids is 1. The second-order valence-electron chi connectivity index (χ2n) is 6.15. The number of aromatic nitrogens is 1. The normalized spacial score (nSPS) is 18.1. The first-order valence-electron chi connectivity index (χ1n) is 7.87. The van der Waals surface area contributed by atoms with Crippen LogP contribution in [0.5, 0.6) is 0 Å². The fourth-order valence-electron chi connectivity index (χ4n) is 3.06. The van der Waals surface area contributed by atoms with Crippen molar-refractivity contribution in [2.45, 2.75) is 32.7 Å². The molecule has 0 aliphatic carbocycles. The van der Waals surface area contributed by atoms with Gasteiger partial charge in [0.05, 0.1) is 24.0 Å². The van der Waals surface area contributed by atoms with E-state index in [4.69, 9.17) is 4.52 Å². The Morgan fingerprint density at radius 2 is 2.04 bits per heavy atom. The van der Waals surface area contributed by atoms with Crippen molar-refractivity contribution in [1.29, 1.82) is 0 Å². The predicted molar refractivity (Wildman–Crippen MR) is 100.0 cm³/mol. The molecule has 1 aromatic heterocycles. The number of aryl methyl sites for hydroxylation is 2. The van der Waals surface area contributed by atoms with Gasteiger partial charge in [0, 0.05) is 15.0 Å². The van der Waals surface area contributed by atoms with Gasteiger partial charge in [0.25, 0.3) is 0 Å². The molecule has 1 aliphatic rings. The minimum absolute atomic E-state index is 0.0385. The maximum absolute atomic E-state index is 12.5. The Labute approximate surface area is 158 Å². The molecule has 2 heterocycles. The summed E-state index contributed by atoms with van der Waals surface area (Å²) in [5, 5.41) is 6.95. The van der Waals surface area contributed by atoms with E-state index in [1.807, 2.05) is 32.0 Å². The summed E-state index contributed by atoms with van der Waals surface area (Å²) >= 11 is 7.02. The second-order valence-corrected chi connectivity index (χ2v) is 7.86. The summed E-state index contributed by atoms with van der Waals surface area (Å²) in [6, 6.07) is 6.04. The van der Waals surface area contributed by atoms with Gasteiger partial charge in [-0.3, -0.25) is 9.69 Å². The van der Waals surface area contributed by atoms with E-state index in [0.29, 0.717) is 6.54 Å². The molecule has 0 saturated carbocycles. The summed E-state index contributed by atoms with van der Waals surface area (Å²) in [6.45, 7) is 5.13. The van der Waals surface area contributed by atoms with Gasteiger partial charge in [-0.05, 0) is 82.8 Å². The maximum atomic E-state index is 12.5. The minimum Gasteiger partial charge on any atom is -0.359 e. The van der Waals surface area contributed by atoms with Crippen LogP contribution < -0.4 is 5.32 Å². The number of rotatable bonds is 4. The monoisotopic (exact) mass is 455 g/mol. The summed E-state index contributed by atoms with van der Waals surface area (Å²) in [5.74, 6) is 0.805. The number of amides is 1. The lowest BCUT2D eigenvalue weighted by molar-refractivity contribution is -0.117. The fraction of sp³-hybridized carbons (Fsp3) is 0.412. The van der Waals surface area contributed by atoms with Gasteiger partial charge in [0.1, 0.15) is 0 Å². The molecule has 1 atom stereocenters. The zero-order valence-electron chi connectivity index (χ0n) is 13.6. The van der Waals surface area contributed by atoms with Crippen LogP contribution in [0.1, 0.15) is 35.9 Å². The van der Waals surface area contributed by atoms with Gasteiger partial charge in [-0.2, -0.15) is 0 Å². The van der Waals surface area contributed by atoms with Crippen molar-refractivity contribution >= 4 is 43.5 Å². The van der Waals surface area contributed by atoms with E-state index < -0.39 is 0 Å². The van der Waals surface area contributed by atoms with Gasteiger partial charge >= 0.3 is 0 Å². The molecule has 1 aliphatic heterocycles. The molecule has 7 heteroatoms. The maximum Gasteiger partial charge on any atom is 0.238 e. The number of halogens is 2. The average Bonchev–Trinajstić information content (AvgIpc) is 3.11. The van der Waals surface area contributed by atoms with Crippen LogP contribution >= 0.6 is 31.9 Å². The van der Waals surface area contributed by atoms with Crippen molar-refractivity contribution in [3.8, 4) is 0 Å². The molecule has 0 radical (unpaired) electrons. The summed E-state index contributed by atoms with van der Waals surface area (Å²) in [6.07, 6.45) is 2.04. The van der Waals surface area contributed by atoms with E-state index in [-0.39, 0.29) is 11.9 Å². The standard InChI is InChI=1S/C17H19Br2N3O2/c1-10-6-12(18)17(13(19)7-10)20-16(23)9-22-5-3-4-14(22)15-8-11(2)21-24-15/h6-8,14H,3-5,9H2,1-2H3,(H,20,23). The Morgan fingerprint density at radius 3 is 2.67 bits per heavy atom. The van der Waals surface area contributed by atoms with Crippen LogP contribution in [0.4, 0.5) is 5.69 Å². The van der Waals surface area contributed by atoms with Crippen LogP contribution in [0.15, 0.2) is 31.7 Å². The molecule has 1 aromatic carbocycles. The van der Waals surface area contributed by atoms with Crippen molar-refractivity contribution in [2.75, 3.05) is 18.4 Å². The number of hydrogen-bond acceptors (Lipinski definition) is 4. The quantitative estimate of drug-likeness (QED) is 0.730. The topological polar surface area (TPSA) is 58.4 Å². The molecule has 1 amide bonds. The number of carbonyl (C=O) groups is 1. The SMILES string of the molecule is Cc1cc(Br)c(NC(=O)CN2CCCC2c2cc(C)no2)c(Br)c1. The molecule has 1 N–H and O–H groups in total. The third-order valence-electron chi connectivity index (χ3n) is 4.14. The Morgan fingerprint density at radius 1 is 1.33 bits per heavy atom. The summed E-state index contributed by atoms with van der Waals surface area (Å²) < 4.78 is 7.13. The van der Waals surface area contributed by atoms with Gasteiger partial charge in [0.2, 0.25) is 5.91 Å². The third kappa shape index (κ3) is 3.90. The highest BCUT2D eigenvalue weighted by molar-refractivity contribution is 9.11. The van der Waals surface area contributed by atoms with E-state index >= 15 is 0 Å². The lowest BCUT2D eigenvalue weighted by Crippen LogP contribution is -2.33. The van der Waals surface area contributed by atoms with Crippen molar-refractivity contribution in [1.82, 2.24) is 10.1 Å². The highest BCUT2D eigenvalue weighted by atomic mass is 79.9. The largest absolute Gasteiger partial charge is 0.359 e. The molecule has 3 rings (SSSR count). The van der Waals surface area contributed by atoms with Crippen LogP contribution in [-0.2, 0) is 4.79 Å². The lowest BCUT2D eigenvalue weighted by Gasteiger charge is -2.22. The van der Waals surface area contributed by atoms with Crippen molar-refractivity contribution in [3.63, 3.8) is 0 Å². The van der Waals surface area contributed by atoms with Crippen LogP contribution in [0, 0.1) is 13.8 Å². The highest BCUT2D eigenvalue weighted by Crippen LogP contribution is 2.34. The number of likely N-dealkylation sites (tertiary alicyclic amines) is 1. The molecular formula is C17H19Br2N3O2. The number of nitrogens with zero attached hydrogens (tertiary/aromatic N) is 2. The van der Waals surface area contributed by atoms with Gasteiger partial charge in [-0.25, -0.2) is 0 Å². The van der Waals surface area contributed by atoms with E-state index in [1.165, 1.54) is 0 Å². The first kappa shape index (κ1) is 17.6. The molecule has 1 unspecified atom stereocenters. The summed E-state index contributed by atoms with van der Waals surface area (Å²) in [5.41, 5.74) is 2.75. The Hall–Kier alpha value is -1.18. The zero-order valence-corrected chi connectivity index (χ0v) is 16.8. The van der Waals surface area contributed by atoms with Crippen molar-refractivity contribution in [2.24, 2.45) is 0 Å². The smallest absolute Gasteiger partial charge is 0.238 e. The predicted octanol–water partition coefficient (Wildman–Crippen LogP) is 4.59. The minimum atomic E-state index is -0.0385. The number of hydrogen-bond donors (Lipinski definition) is 1. The molecule has 24 heavy (non-hydrogen) atoms. The molecule has 5 nitrogen and oxygen atoms in total. The Kier molecular flexibility index (Phi) is 5.42. The summed E-state index contributed by atoms with van der Waals surface area (Å²) in [7, 11) is 0. The number of anilines is 1. The molecule has 0 bridgehead atoms. The molecule has 128 valence electrons. The second kappa shape index (κ2) is 7.37. The number of benzene rings is 1. The molecule has 0 spiro atoms. The fourth-order valence-corrected chi connectivity index (χ4v) is 4.67. The van der Waals surface area contributed by atoms with Gasteiger partial charge in [-0.1, -0.05) is 5.16 Å². The molecule has 1 saturated heterocycles. The average molecular weight is 457 g/mol. The van der Waals surface area contributed by atoms with Gasteiger partial charge < -0.3 is 9.84 Å². The van der Waals surface area contributed by atoms with Crippen LogP contribution in [0.3, 0.4) is 0 Å². The zero-order chi connectivity index (χ0) is 17.3. The molecule has 2 aromatic rings. The van der Waals surface area contributed by atoms with Gasteiger partial charge in [0.15, 0.2) is 5.76 Å². The van der Waals surface area contributed by atoms with Crippen LogP contribution in [-0.4, -0.2) is 29.1 Å².